The molecule has 0 saturated heterocycles. The lowest BCUT2D eigenvalue weighted by molar-refractivity contribution is 0.383. The molecular weight excluding hydrogens is 155 g/mol. The molecule has 5 heteroatoms. The average Bonchev–Trinajstić information content (AvgIpc) is 1.80. The highest BCUT2D eigenvalue weighted by atomic mass is 31.2. The Morgan fingerprint density at radius 3 is 2.67 bits per heavy atom. The lowest BCUT2D eigenvalue weighted by Gasteiger charge is -2.00. The molecule has 0 rings (SSSR count). The van der Waals surface area contributed by atoms with E-state index in [0.29, 0.717) is 0 Å². The van der Waals surface area contributed by atoms with Gasteiger partial charge in [-0.05, 0) is 6.04 Å². The van der Waals surface area contributed by atoms with Crippen molar-refractivity contribution in [2.75, 3.05) is 0 Å². The second kappa shape index (κ2) is 6.64. The molecule has 0 aliphatic carbocycles. The molecule has 0 radical (unpaired) electrons. The van der Waals surface area contributed by atoms with E-state index in [2.05, 4.69) is 11.1 Å². The van der Waals surface area contributed by atoms with Crippen LogP contribution >= 0.6 is 8.60 Å². The van der Waals surface area contributed by atoms with Crippen LogP contribution in [0.3, 0.4) is 0 Å². The van der Waals surface area contributed by atoms with Crippen LogP contribution in [0.25, 0.3) is 0 Å². The van der Waals surface area contributed by atoms with Crippen molar-refractivity contribution >= 4 is 18.4 Å². The van der Waals surface area contributed by atoms with Crippen molar-refractivity contribution in [1.29, 1.82) is 0 Å². The van der Waals surface area contributed by atoms with E-state index in [1.165, 1.54) is 0 Å². The summed E-state index contributed by atoms with van der Waals surface area (Å²) in [6, 6.07) is 1.05. The van der Waals surface area contributed by atoms with E-state index in [1.54, 1.807) is 0 Å². The molecule has 0 aromatic rings. The van der Waals surface area contributed by atoms with Gasteiger partial charge in [-0.1, -0.05) is 19.8 Å². The molecule has 0 aliphatic heterocycles. The molecule has 2 N–H and O–H groups in total. The molecule has 0 saturated carbocycles. The molecule has 0 aromatic heterocycles. The van der Waals surface area contributed by atoms with Gasteiger partial charge in [0.1, 0.15) is 0 Å². The third kappa shape index (κ3) is 8.53. The van der Waals surface area contributed by atoms with Crippen LogP contribution < -0.4 is 0 Å². The van der Waals surface area contributed by atoms with Crippen LogP contribution in [0, 0.1) is 0 Å². The number of rotatable bonds is 5. The minimum absolute atomic E-state index is 0.618. The molecule has 0 fully saturated rings. The first kappa shape index (κ1) is 9.53. The Hall–Kier alpha value is 0.527. The van der Waals surface area contributed by atoms with Crippen LogP contribution in [-0.4, -0.2) is 19.5 Å². The van der Waals surface area contributed by atoms with Gasteiger partial charge in [-0.15, -0.1) is 0 Å². The zero-order chi connectivity index (χ0) is 7.11. The maximum atomic E-state index is 8.28. The van der Waals surface area contributed by atoms with Crippen molar-refractivity contribution in [3.63, 3.8) is 0 Å². The van der Waals surface area contributed by atoms with Crippen molar-refractivity contribution in [3.8, 4) is 0 Å². The van der Waals surface area contributed by atoms with Gasteiger partial charge >= 0.3 is 8.60 Å². The fourth-order valence-electron chi connectivity index (χ4n) is 0.498. The fraction of sp³-hybridized carbons (Fsp3) is 1.00. The summed E-state index contributed by atoms with van der Waals surface area (Å²) < 4.78 is 4.66. The summed E-state index contributed by atoms with van der Waals surface area (Å²) in [4.78, 5) is 16.6. The lowest BCUT2D eigenvalue weighted by atomic mass is 10.4. The van der Waals surface area contributed by atoms with Gasteiger partial charge in [0.05, 0.1) is 0 Å². The van der Waals surface area contributed by atoms with Crippen LogP contribution in [0.4, 0.5) is 0 Å². The summed E-state index contributed by atoms with van der Waals surface area (Å²) in [6.07, 6.45) is 2.31. The molecule has 3 nitrogen and oxygen atoms in total. The Morgan fingerprint density at radius 2 is 2.22 bits per heavy atom. The SMILES string of the molecule is CCCC[SiH2]OP(O)O. The maximum Gasteiger partial charge on any atom is 0.315 e. The van der Waals surface area contributed by atoms with Crippen molar-refractivity contribution < 1.29 is 14.0 Å². The van der Waals surface area contributed by atoms with E-state index in [9.17, 15) is 0 Å². The first-order chi connectivity index (χ1) is 4.27. The van der Waals surface area contributed by atoms with Crippen molar-refractivity contribution in [2.45, 2.75) is 25.8 Å². The van der Waals surface area contributed by atoms with E-state index in [1.807, 2.05) is 0 Å². The highest BCUT2D eigenvalue weighted by Crippen LogP contribution is 2.23. The Bertz CT molecular complexity index is 61.8. The highest BCUT2D eigenvalue weighted by Gasteiger charge is 1.96. The molecule has 0 aromatic carbocycles. The van der Waals surface area contributed by atoms with E-state index in [-0.39, 0.29) is 0 Å². The van der Waals surface area contributed by atoms with Crippen LogP contribution in [0.1, 0.15) is 19.8 Å². The summed E-state index contributed by atoms with van der Waals surface area (Å²) in [5.41, 5.74) is 0. The van der Waals surface area contributed by atoms with Crippen LogP contribution in [0.5, 0.6) is 0 Å². The molecule has 0 heterocycles. The van der Waals surface area contributed by atoms with Crippen LogP contribution in [-0.2, 0) is 4.21 Å². The minimum Gasteiger partial charge on any atom is -0.362 e. The molecule has 0 spiro atoms. The van der Waals surface area contributed by atoms with Crippen molar-refractivity contribution in [1.82, 2.24) is 0 Å². The minimum atomic E-state index is -2.06. The Morgan fingerprint density at radius 1 is 1.56 bits per heavy atom. The van der Waals surface area contributed by atoms with Gasteiger partial charge in [-0.2, -0.15) is 0 Å². The second-order valence-electron chi connectivity index (χ2n) is 1.79. The van der Waals surface area contributed by atoms with E-state index >= 15 is 0 Å². The number of unbranched alkanes of at least 4 members (excludes halogenated alkanes) is 1. The van der Waals surface area contributed by atoms with Crippen molar-refractivity contribution in [3.05, 3.63) is 0 Å². The van der Waals surface area contributed by atoms with E-state index < -0.39 is 18.4 Å². The zero-order valence-electron chi connectivity index (χ0n) is 5.58. The third-order valence-electron chi connectivity index (χ3n) is 0.955. The Kier molecular flexibility index (Phi) is 7.03. The third-order valence-corrected chi connectivity index (χ3v) is 3.40. The Balaban J connectivity index is 2.75. The topological polar surface area (TPSA) is 49.7 Å². The molecule has 9 heavy (non-hydrogen) atoms. The molecule has 0 amide bonds. The molecule has 56 valence electrons. The summed E-state index contributed by atoms with van der Waals surface area (Å²) in [7, 11) is -2.67. The quantitative estimate of drug-likeness (QED) is 0.357. The normalized spacial score (nSPS) is 12.0. The van der Waals surface area contributed by atoms with Gasteiger partial charge in [0.25, 0.3) is 0 Å². The number of hydrogen-bond donors (Lipinski definition) is 2. The predicted molar refractivity (Wildman–Crippen MR) is 40.7 cm³/mol. The molecule has 0 atom stereocenters. The summed E-state index contributed by atoms with van der Waals surface area (Å²) in [5.74, 6) is 0. The van der Waals surface area contributed by atoms with Gasteiger partial charge in [0, 0.05) is 0 Å². The first-order valence-electron chi connectivity index (χ1n) is 3.08. The predicted octanol–water partition coefficient (Wildman–Crippen LogP) is 0.517. The van der Waals surface area contributed by atoms with Gasteiger partial charge in [-0.3, -0.25) is 0 Å². The van der Waals surface area contributed by atoms with Crippen molar-refractivity contribution in [2.24, 2.45) is 0 Å². The molecule has 0 unspecified atom stereocenters. The van der Waals surface area contributed by atoms with Gasteiger partial charge in [0.2, 0.25) is 0 Å². The van der Waals surface area contributed by atoms with Gasteiger partial charge in [0.15, 0.2) is 9.76 Å². The molecule has 0 aliphatic rings. The van der Waals surface area contributed by atoms with Gasteiger partial charge < -0.3 is 14.0 Å². The van der Waals surface area contributed by atoms with Crippen LogP contribution in [0.2, 0.25) is 6.04 Å². The Labute approximate surface area is 59.0 Å². The summed E-state index contributed by atoms with van der Waals surface area (Å²) in [5, 5.41) is 0. The zero-order valence-corrected chi connectivity index (χ0v) is 7.89. The van der Waals surface area contributed by atoms with Crippen LogP contribution in [0.15, 0.2) is 0 Å². The fourth-order valence-corrected chi connectivity index (χ4v) is 2.37. The largest absolute Gasteiger partial charge is 0.362 e. The van der Waals surface area contributed by atoms with Gasteiger partial charge in [-0.25, -0.2) is 0 Å². The molecule has 0 bridgehead atoms. The first-order valence-corrected chi connectivity index (χ1v) is 5.82. The number of hydrogen-bond acceptors (Lipinski definition) is 3. The lowest BCUT2D eigenvalue weighted by Crippen LogP contribution is -1.91. The summed E-state index contributed by atoms with van der Waals surface area (Å²) in [6.45, 7) is 2.11. The maximum absolute atomic E-state index is 8.28. The standard InChI is InChI=1S/C4H13O3PSi/c1-2-3-4-9-7-8(5)6/h5-6H,2-4,9H2,1H3. The second-order valence-corrected chi connectivity index (χ2v) is 4.45. The van der Waals surface area contributed by atoms with E-state index in [0.717, 1.165) is 18.9 Å². The monoisotopic (exact) mass is 168 g/mol. The highest BCUT2D eigenvalue weighted by molar-refractivity contribution is 7.40. The summed E-state index contributed by atoms with van der Waals surface area (Å²) >= 11 is 0. The average molecular weight is 168 g/mol. The smallest absolute Gasteiger partial charge is 0.315 e. The van der Waals surface area contributed by atoms with E-state index in [4.69, 9.17) is 9.79 Å². The molecular formula is C4H13O3PSi.